The molecule has 1 heterocycles. The predicted octanol–water partition coefficient (Wildman–Crippen LogP) is 4.04. The summed E-state index contributed by atoms with van der Waals surface area (Å²) in [6.45, 7) is 2.44. The van der Waals surface area contributed by atoms with Crippen LogP contribution in [0.2, 0.25) is 0 Å². The Labute approximate surface area is 174 Å². The zero-order valence-corrected chi connectivity index (χ0v) is 18.0. The Morgan fingerprint density at radius 1 is 1.31 bits per heavy atom. The van der Waals surface area contributed by atoms with E-state index in [9.17, 15) is 0 Å². The van der Waals surface area contributed by atoms with Crippen LogP contribution >= 0.6 is 24.0 Å². The van der Waals surface area contributed by atoms with Crippen molar-refractivity contribution in [3.05, 3.63) is 35.5 Å². The largest absolute Gasteiger partial charge is 0.477 e. The minimum absolute atomic E-state index is 0. The molecule has 0 aliphatic heterocycles. The van der Waals surface area contributed by atoms with Gasteiger partial charge in [0.1, 0.15) is 0 Å². The number of nitrogens with zero attached hydrogens (tertiary/aromatic N) is 2. The molecular weight excluding hydrogens is 439 g/mol. The van der Waals surface area contributed by atoms with Crippen molar-refractivity contribution in [2.45, 2.75) is 51.5 Å². The molecule has 0 amide bonds. The van der Waals surface area contributed by atoms with Crippen LogP contribution in [0.1, 0.15) is 50.5 Å². The maximum atomic E-state index is 5.74. The van der Waals surface area contributed by atoms with Crippen molar-refractivity contribution < 1.29 is 4.74 Å². The maximum Gasteiger partial charge on any atom is 0.213 e. The first-order valence-corrected chi connectivity index (χ1v) is 9.53. The highest BCUT2D eigenvalue weighted by molar-refractivity contribution is 14.0. The SMILES string of the molecule is CN=C(NCCC1=CCCCC1)NCc1ccnc(OCC2CC2)c1.I. The molecule has 0 bridgehead atoms. The van der Waals surface area contributed by atoms with Gasteiger partial charge in [0.15, 0.2) is 5.96 Å². The normalized spacial score (nSPS) is 17.1. The Kier molecular flexibility index (Phi) is 9.22. The Morgan fingerprint density at radius 3 is 2.92 bits per heavy atom. The topological polar surface area (TPSA) is 58.5 Å². The summed E-state index contributed by atoms with van der Waals surface area (Å²) in [6, 6.07) is 4.02. The summed E-state index contributed by atoms with van der Waals surface area (Å²) in [7, 11) is 1.81. The fourth-order valence-corrected chi connectivity index (χ4v) is 3.01. The molecule has 0 atom stereocenters. The van der Waals surface area contributed by atoms with Gasteiger partial charge in [-0.05, 0) is 62.5 Å². The van der Waals surface area contributed by atoms with Gasteiger partial charge in [-0.25, -0.2) is 4.98 Å². The fourth-order valence-electron chi connectivity index (χ4n) is 3.01. The molecule has 3 rings (SSSR count). The van der Waals surface area contributed by atoms with E-state index in [0.29, 0.717) is 6.54 Å². The summed E-state index contributed by atoms with van der Waals surface area (Å²) in [4.78, 5) is 8.59. The lowest BCUT2D eigenvalue weighted by Gasteiger charge is -2.15. The quantitative estimate of drug-likeness (QED) is 0.261. The van der Waals surface area contributed by atoms with Gasteiger partial charge in [-0.2, -0.15) is 0 Å². The van der Waals surface area contributed by atoms with Crippen molar-refractivity contribution in [3.63, 3.8) is 0 Å². The number of pyridine rings is 1. The molecule has 0 spiro atoms. The highest BCUT2D eigenvalue weighted by Crippen LogP contribution is 2.29. The monoisotopic (exact) mass is 470 g/mol. The van der Waals surface area contributed by atoms with Crippen LogP contribution in [0.5, 0.6) is 5.88 Å². The average molecular weight is 470 g/mol. The summed E-state index contributed by atoms with van der Waals surface area (Å²) in [5.41, 5.74) is 2.74. The molecule has 1 aromatic heterocycles. The van der Waals surface area contributed by atoms with Crippen molar-refractivity contribution in [2.75, 3.05) is 20.2 Å². The Bertz CT molecular complexity index is 614. The second kappa shape index (κ2) is 11.4. The molecule has 5 nitrogen and oxygen atoms in total. The third-order valence-electron chi connectivity index (χ3n) is 4.77. The number of halogens is 1. The second-order valence-corrected chi connectivity index (χ2v) is 6.97. The first-order chi connectivity index (χ1) is 12.3. The van der Waals surface area contributed by atoms with Crippen LogP contribution < -0.4 is 15.4 Å². The summed E-state index contributed by atoms with van der Waals surface area (Å²) in [5.74, 6) is 2.30. The van der Waals surface area contributed by atoms with Crippen LogP contribution in [-0.2, 0) is 6.54 Å². The van der Waals surface area contributed by atoms with Crippen LogP contribution in [0, 0.1) is 5.92 Å². The number of guanidine groups is 1. The van der Waals surface area contributed by atoms with Crippen molar-refractivity contribution in [2.24, 2.45) is 10.9 Å². The number of rotatable bonds is 8. The molecule has 0 aromatic carbocycles. The fraction of sp³-hybridized carbons (Fsp3) is 0.600. The van der Waals surface area contributed by atoms with Gasteiger partial charge in [-0.15, -0.1) is 24.0 Å². The van der Waals surface area contributed by atoms with Gasteiger partial charge in [0.25, 0.3) is 0 Å². The van der Waals surface area contributed by atoms with Crippen molar-refractivity contribution >= 4 is 29.9 Å². The summed E-state index contributed by atoms with van der Waals surface area (Å²) < 4.78 is 5.74. The van der Waals surface area contributed by atoms with E-state index in [4.69, 9.17) is 4.74 Å². The van der Waals surface area contributed by atoms with E-state index in [0.717, 1.165) is 42.9 Å². The lowest BCUT2D eigenvalue weighted by Crippen LogP contribution is -2.37. The van der Waals surface area contributed by atoms with E-state index in [1.54, 1.807) is 5.57 Å². The minimum atomic E-state index is 0. The number of aliphatic imine (C=N–C) groups is 1. The number of allylic oxidation sites excluding steroid dienone is 1. The van der Waals surface area contributed by atoms with Crippen LogP contribution in [0.3, 0.4) is 0 Å². The molecule has 0 saturated heterocycles. The Balaban J connectivity index is 0.00000243. The van der Waals surface area contributed by atoms with Crippen molar-refractivity contribution in [1.82, 2.24) is 15.6 Å². The van der Waals surface area contributed by atoms with Crippen LogP contribution in [0.4, 0.5) is 0 Å². The molecule has 1 fully saturated rings. The molecule has 0 radical (unpaired) electrons. The number of hydrogen-bond acceptors (Lipinski definition) is 3. The second-order valence-electron chi connectivity index (χ2n) is 6.97. The third kappa shape index (κ3) is 7.51. The zero-order valence-electron chi connectivity index (χ0n) is 15.7. The molecule has 2 aliphatic rings. The van der Waals surface area contributed by atoms with Gasteiger partial charge >= 0.3 is 0 Å². The van der Waals surface area contributed by atoms with Crippen LogP contribution in [-0.4, -0.2) is 31.1 Å². The van der Waals surface area contributed by atoms with E-state index in [-0.39, 0.29) is 24.0 Å². The molecule has 2 aliphatic carbocycles. The molecule has 26 heavy (non-hydrogen) atoms. The number of hydrogen-bond donors (Lipinski definition) is 2. The zero-order chi connectivity index (χ0) is 17.3. The van der Waals surface area contributed by atoms with Crippen LogP contribution in [0.25, 0.3) is 0 Å². The van der Waals surface area contributed by atoms with Crippen molar-refractivity contribution in [3.8, 4) is 5.88 Å². The molecule has 144 valence electrons. The Hall–Kier alpha value is -1.31. The molecule has 0 unspecified atom stereocenters. The molecule has 1 aromatic rings. The van der Waals surface area contributed by atoms with E-state index >= 15 is 0 Å². The van der Waals surface area contributed by atoms with Gasteiger partial charge in [0.2, 0.25) is 5.88 Å². The molecule has 2 N–H and O–H groups in total. The highest BCUT2D eigenvalue weighted by Gasteiger charge is 2.22. The summed E-state index contributed by atoms with van der Waals surface area (Å²) in [6.07, 6.45) is 13.1. The standard InChI is InChI=1S/C20H30N4O.HI/c1-21-20(23-12-9-16-5-3-2-4-6-16)24-14-18-10-11-22-19(13-18)25-15-17-7-8-17;/h5,10-11,13,17H,2-4,6-9,12,14-15H2,1H3,(H2,21,23,24);1H. The minimum Gasteiger partial charge on any atom is -0.477 e. The lowest BCUT2D eigenvalue weighted by atomic mass is 9.97. The lowest BCUT2D eigenvalue weighted by molar-refractivity contribution is 0.288. The number of nitrogens with one attached hydrogen (secondary N) is 2. The van der Waals surface area contributed by atoms with E-state index < -0.39 is 0 Å². The van der Waals surface area contributed by atoms with Gasteiger partial charge in [0.05, 0.1) is 6.61 Å². The van der Waals surface area contributed by atoms with Crippen LogP contribution in [0.15, 0.2) is 35.0 Å². The van der Waals surface area contributed by atoms with E-state index in [2.05, 4.69) is 26.7 Å². The summed E-state index contributed by atoms with van der Waals surface area (Å²) in [5, 5.41) is 6.77. The molecule has 6 heteroatoms. The van der Waals surface area contributed by atoms with Gasteiger partial charge in [-0.1, -0.05) is 11.6 Å². The first-order valence-electron chi connectivity index (χ1n) is 9.53. The third-order valence-corrected chi connectivity index (χ3v) is 4.77. The van der Waals surface area contributed by atoms with E-state index in [1.165, 1.54) is 38.5 Å². The molecule has 1 saturated carbocycles. The van der Waals surface area contributed by atoms with Crippen molar-refractivity contribution in [1.29, 1.82) is 0 Å². The van der Waals surface area contributed by atoms with Gasteiger partial charge < -0.3 is 15.4 Å². The maximum absolute atomic E-state index is 5.74. The average Bonchev–Trinajstić information content (AvgIpc) is 3.48. The first kappa shape index (κ1) is 21.0. The number of aromatic nitrogens is 1. The van der Waals surface area contributed by atoms with E-state index in [1.807, 2.05) is 25.4 Å². The number of ether oxygens (including phenoxy) is 1. The molecular formula is C20H31IN4O. The predicted molar refractivity (Wildman–Crippen MR) is 117 cm³/mol. The van der Waals surface area contributed by atoms with Gasteiger partial charge in [-0.3, -0.25) is 4.99 Å². The summed E-state index contributed by atoms with van der Waals surface area (Å²) >= 11 is 0. The van der Waals surface area contributed by atoms with Gasteiger partial charge in [0, 0.05) is 32.4 Å². The Morgan fingerprint density at radius 2 is 2.19 bits per heavy atom. The smallest absolute Gasteiger partial charge is 0.213 e. The highest BCUT2D eigenvalue weighted by atomic mass is 127.